The smallest absolute Gasteiger partial charge is 0.0449 e. The fraction of sp³-hybridized carbons (Fsp3) is 1.00. The molecule has 1 N–H and O–H groups in total. The van der Waals surface area contributed by atoms with E-state index in [0.717, 1.165) is 0 Å². The van der Waals surface area contributed by atoms with Crippen LogP contribution in [0.1, 0.15) is 2.74 Å². The Labute approximate surface area is 69.0 Å². The molecule has 0 aliphatic rings. The zero-order valence-corrected chi connectivity index (χ0v) is 6.56. The van der Waals surface area contributed by atoms with Crippen molar-refractivity contribution in [2.24, 2.45) is 0 Å². The summed E-state index contributed by atoms with van der Waals surface area (Å²) in [6.07, 6.45) is 0. The first-order valence-electron chi connectivity index (χ1n) is 3.11. The molecule has 1 nitrogen and oxygen atoms in total. The van der Waals surface area contributed by atoms with E-state index in [4.69, 9.17) is 25.9 Å². The van der Waals surface area contributed by atoms with E-state index in [-0.39, 0.29) is 12.4 Å². The van der Waals surface area contributed by atoms with Crippen LogP contribution < -0.4 is 5.32 Å². The summed E-state index contributed by atoms with van der Waals surface area (Å²) in [6.45, 7) is 0.757. The van der Waals surface area contributed by atoms with Gasteiger partial charge in [-0.25, -0.2) is 0 Å². The molecule has 8 heavy (non-hydrogen) atoms. The van der Waals surface area contributed by atoms with Gasteiger partial charge in [0.1, 0.15) is 0 Å². The van der Waals surface area contributed by atoms with Gasteiger partial charge in [-0.05, 0) is 0 Å². The van der Waals surface area contributed by atoms with Crippen molar-refractivity contribution in [1.82, 2.24) is 5.32 Å². The molecule has 0 aromatic heterocycles. The van der Waals surface area contributed by atoms with Crippen LogP contribution in [0.3, 0.4) is 0 Å². The summed E-state index contributed by atoms with van der Waals surface area (Å²) in [7, 11) is 0. The molecular weight excluding hydrogens is 168 g/mol. The Balaban J connectivity index is 0. The Bertz CT molecular complexity index is 63.5. The zero-order chi connectivity index (χ0) is 7.28. The van der Waals surface area contributed by atoms with Crippen LogP contribution in [-0.4, -0.2) is 24.8 Å². The van der Waals surface area contributed by atoms with E-state index < -0.39 is 11.7 Å². The van der Waals surface area contributed by atoms with Gasteiger partial charge in [-0.1, -0.05) is 0 Å². The lowest BCUT2D eigenvalue weighted by Crippen LogP contribution is -2.18. The summed E-state index contributed by atoms with van der Waals surface area (Å²) >= 11 is 10.5. The van der Waals surface area contributed by atoms with Crippen LogP contribution in [0.25, 0.3) is 0 Å². The average molecular weight is 183 g/mol. The molecule has 0 saturated heterocycles. The quantitative estimate of drug-likeness (QED) is 0.650. The standard InChI is InChI=1S/C4H9Cl2N.ClH/c5-1-3-7-4-2-6;/h7H,1-4H2;1H/i1T,2T;. The van der Waals surface area contributed by atoms with E-state index in [0.29, 0.717) is 13.1 Å². The summed E-state index contributed by atoms with van der Waals surface area (Å²) in [4.78, 5) is 0. The third-order valence-corrected chi connectivity index (χ3v) is 0.752. The van der Waals surface area contributed by atoms with Gasteiger partial charge in [0.05, 0.1) is 0 Å². The molecule has 0 aromatic carbocycles. The van der Waals surface area contributed by atoms with Gasteiger partial charge in [0, 0.05) is 27.5 Å². The maximum absolute atomic E-state index is 6.82. The highest BCUT2D eigenvalue weighted by Crippen LogP contribution is 1.71. The highest BCUT2D eigenvalue weighted by atomic mass is 35.5. The molecule has 2 atom stereocenters. The summed E-state index contributed by atoms with van der Waals surface area (Å²) < 4.78 is 13.6. The van der Waals surface area contributed by atoms with Gasteiger partial charge in [0.15, 0.2) is 0 Å². The number of hydrogen-bond donors (Lipinski definition) is 1. The van der Waals surface area contributed by atoms with E-state index in [1.807, 2.05) is 0 Å². The second-order valence-electron chi connectivity index (χ2n) is 0.967. The lowest BCUT2D eigenvalue weighted by atomic mass is 10.7. The van der Waals surface area contributed by atoms with E-state index in [1.165, 1.54) is 0 Å². The Hall–Kier alpha value is 0.830. The number of rotatable bonds is 4. The zero-order valence-electron chi connectivity index (χ0n) is 6.23. The number of nitrogens with one attached hydrogen (secondary N) is 1. The fourth-order valence-electron chi connectivity index (χ4n) is 0.192. The molecule has 2 unspecified atom stereocenters. The maximum Gasteiger partial charge on any atom is 0.0449 e. The molecule has 0 spiro atoms. The van der Waals surface area contributed by atoms with Gasteiger partial charge in [-0.2, -0.15) is 0 Å². The van der Waals surface area contributed by atoms with Crippen molar-refractivity contribution in [3.63, 3.8) is 0 Å². The van der Waals surface area contributed by atoms with E-state index in [2.05, 4.69) is 5.32 Å². The van der Waals surface area contributed by atoms with Crippen LogP contribution >= 0.6 is 35.6 Å². The van der Waals surface area contributed by atoms with Crippen molar-refractivity contribution >= 4 is 35.6 Å². The van der Waals surface area contributed by atoms with Gasteiger partial charge in [0.25, 0.3) is 0 Å². The number of halogens is 3. The SMILES string of the molecule is Cl.[3H]C(Cl)CNCC([3H])Cl. The molecule has 0 bridgehead atoms. The molecule has 52 valence electrons. The first-order valence-corrected chi connectivity index (χ1v) is 2.83. The van der Waals surface area contributed by atoms with Crippen LogP contribution in [0.2, 0.25) is 0 Å². The predicted molar refractivity (Wildman–Crippen MR) is 41.6 cm³/mol. The van der Waals surface area contributed by atoms with E-state index in [9.17, 15) is 0 Å². The Morgan fingerprint density at radius 1 is 1.25 bits per heavy atom. The minimum Gasteiger partial charge on any atom is -0.314 e. The van der Waals surface area contributed by atoms with Gasteiger partial charge in [-0.3, -0.25) is 0 Å². The van der Waals surface area contributed by atoms with Crippen molar-refractivity contribution in [3.8, 4) is 0 Å². The Morgan fingerprint density at radius 2 is 1.62 bits per heavy atom. The van der Waals surface area contributed by atoms with Crippen molar-refractivity contribution in [1.29, 1.82) is 0 Å². The molecular formula is C4H10Cl3N. The lowest BCUT2D eigenvalue weighted by molar-refractivity contribution is 0.770. The molecule has 0 aliphatic heterocycles. The third kappa shape index (κ3) is 9.95. The lowest BCUT2D eigenvalue weighted by Gasteiger charge is -1.93. The predicted octanol–water partition coefficient (Wildman–Crippen LogP) is 1.48. The molecule has 0 rings (SSSR count). The van der Waals surface area contributed by atoms with Crippen molar-refractivity contribution in [3.05, 3.63) is 0 Å². The topological polar surface area (TPSA) is 12.0 Å². The Kier molecular flexibility index (Phi) is 9.33. The van der Waals surface area contributed by atoms with E-state index >= 15 is 0 Å². The van der Waals surface area contributed by atoms with Crippen LogP contribution in [0, 0.1) is 0 Å². The van der Waals surface area contributed by atoms with Gasteiger partial charge in [-0.15, -0.1) is 35.6 Å². The molecule has 0 fully saturated rings. The fourth-order valence-corrected chi connectivity index (χ4v) is 0.411. The van der Waals surface area contributed by atoms with Gasteiger partial charge < -0.3 is 5.32 Å². The van der Waals surface area contributed by atoms with Crippen molar-refractivity contribution in [2.45, 2.75) is 0 Å². The number of alkyl halides is 2. The summed E-state index contributed by atoms with van der Waals surface area (Å²) in [6, 6.07) is 0. The molecule has 0 aliphatic carbocycles. The first kappa shape index (κ1) is 6.94. The second-order valence-corrected chi connectivity index (χ2v) is 1.58. The molecule has 4 heteroatoms. The van der Waals surface area contributed by atoms with Gasteiger partial charge >= 0.3 is 0 Å². The highest BCUT2D eigenvalue weighted by Gasteiger charge is 1.78. The molecule has 0 amide bonds. The maximum atomic E-state index is 6.82. The van der Waals surface area contributed by atoms with Crippen LogP contribution in [0.4, 0.5) is 0 Å². The molecule has 0 saturated carbocycles. The van der Waals surface area contributed by atoms with Crippen molar-refractivity contribution in [2.75, 3.05) is 24.8 Å². The normalized spacial score (nSPS) is 19.8. The van der Waals surface area contributed by atoms with Crippen molar-refractivity contribution < 1.29 is 2.74 Å². The monoisotopic (exact) mass is 181 g/mol. The summed E-state index contributed by atoms with van der Waals surface area (Å²) in [5.74, 6) is -1.28. The third-order valence-electron chi connectivity index (χ3n) is 0.443. The Morgan fingerprint density at radius 3 is 1.88 bits per heavy atom. The van der Waals surface area contributed by atoms with E-state index in [1.54, 1.807) is 0 Å². The minimum absolute atomic E-state index is 0. The van der Waals surface area contributed by atoms with Crippen LogP contribution in [0.15, 0.2) is 0 Å². The second kappa shape index (κ2) is 10.7. The van der Waals surface area contributed by atoms with Crippen LogP contribution in [-0.2, 0) is 0 Å². The number of hydrogen-bond acceptors (Lipinski definition) is 1. The minimum atomic E-state index is -0.639. The van der Waals surface area contributed by atoms with Crippen LogP contribution in [0.5, 0.6) is 0 Å². The average Bonchev–Trinajstić information content (AvgIpc) is 1.63. The van der Waals surface area contributed by atoms with Gasteiger partial charge in [0.2, 0.25) is 0 Å². The first-order chi connectivity index (χ1) is 4.13. The highest BCUT2D eigenvalue weighted by molar-refractivity contribution is 6.18. The largest absolute Gasteiger partial charge is 0.314 e. The molecule has 0 heterocycles. The summed E-state index contributed by atoms with van der Waals surface area (Å²) in [5, 5.41) is 2.75. The molecule has 0 radical (unpaired) electrons. The molecule has 0 aromatic rings. The summed E-state index contributed by atoms with van der Waals surface area (Å²) in [5.41, 5.74) is 0.